The van der Waals surface area contributed by atoms with Crippen molar-refractivity contribution in [1.29, 1.82) is 5.26 Å². The van der Waals surface area contributed by atoms with Gasteiger partial charge in [-0.2, -0.15) is 33.8 Å². The predicted octanol–water partition coefficient (Wildman–Crippen LogP) is 2.70. The molecule has 0 aliphatic carbocycles. The minimum atomic E-state index is -4.80. The quantitative estimate of drug-likeness (QED) is 0.321. The second kappa shape index (κ2) is 10.8. The molecule has 0 aliphatic rings. The molecule has 17 heteroatoms. The number of benzene rings is 1. The van der Waals surface area contributed by atoms with Gasteiger partial charge in [0.05, 0.1) is 33.6 Å². The number of hydrogen-bond acceptors (Lipinski definition) is 10. The molecule has 0 fully saturated rings. The number of nitriles is 1. The van der Waals surface area contributed by atoms with Crippen molar-refractivity contribution in [3.63, 3.8) is 0 Å². The van der Waals surface area contributed by atoms with Gasteiger partial charge in [0, 0.05) is 13.2 Å². The van der Waals surface area contributed by atoms with Gasteiger partial charge in [-0.1, -0.05) is 11.6 Å². The lowest BCUT2D eigenvalue weighted by Gasteiger charge is -2.14. The minimum absolute atomic E-state index is 0.0458. The lowest BCUT2D eigenvalue weighted by Crippen LogP contribution is -2.22. The van der Waals surface area contributed by atoms with Gasteiger partial charge in [0.2, 0.25) is 0 Å². The molecular weight excluding hydrogens is 545 g/mol. The smallest absolute Gasteiger partial charge is 0.367 e. The molecule has 4 rings (SSSR count). The highest BCUT2D eigenvalue weighted by Gasteiger charge is 2.37. The highest BCUT2D eigenvalue weighted by molar-refractivity contribution is 6.32. The van der Waals surface area contributed by atoms with Crippen LogP contribution in [0.25, 0.3) is 5.82 Å². The Kier molecular flexibility index (Phi) is 7.56. The normalized spacial score (nSPS) is 11.2. The highest BCUT2D eigenvalue weighted by Crippen LogP contribution is 2.27. The number of carbonyl (C=O) groups is 2. The SMILES string of the molecule is CNOC(=O)c1cc(C#N)cc(C)c1NC(=O)c1cc(Cn2nnc(C(F)(F)F)n2)nn1-c1ncccc1Cl. The van der Waals surface area contributed by atoms with Crippen LogP contribution in [0.15, 0.2) is 36.5 Å². The summed E-state index contributed by atoms with van der Waals surface area (Å²) in [6.07, 6.45) is -3.40. The van der Waals surface area contributed by atoms with Crippen molar-refractivity contribution < 1.29 is 27.6 Å². The first kappa shape index (κ1) is 27.2. The van der Waals surface area contributed by atoms with Gasteiger partial charge in [0.15, 0.2) is 5.82 Å². The molecule has 1 amide bonds. The van der Waals surface area contributed by atoms with E-state index in [-0.39, 0.29) is 45.6 Å². The molecule has 3 aromatic heterocycles. The van der Waals surface area contributed by atoms with Crippen LogP contribution in [0.3, 0.4) is 0 Å². The maximum atomic E-state index is 13.5. The lowest BCUT2D eigenvalue weighted by atomic mass is 10.0. The maximum Gasteiger partial charge on any atom is 0.455 e. The Morgan fingerprint density at radius 2 is 2.00 bits per heavy atom. The molecule has 39 heavy (non-hydrogen) atoms. The van der Waals surface area contributed by atoms with Gasteiger partial charge >= 0.3 is 12.1 Å². The van der Waals surface area contributed by atoms with Crippen molar-refractivity contribution in [3.8, 4) is 11.9 Å². The van der Waals surface area contributed by atoms with Crippen molar-refractivity contribution in [2.75, 3.05) is 12.4 Å². The number of aryl methyl sites for hydroxylation is 1. The summed E-state index contributed by atoms with van der Waals surface area (Å²) in [4.78, 5) is 35.6. The Morgan fingerprint density at radius 1 is 1.23 bits per heavy atom. The number of nitrogens with zero attached hydrogens (tertiary/aromatic N) is 8. The van der Waals surface area contributed by atoms with Gasteiger partial charge in [-0.15, -0.1) is 10.2 Å². The number of alkyl halides is 3. The van der Waals surface area contributed by atoms with Gasteiger partial charge in [-0.25, -0.2) is 14.5 Å². The van der Waals surface area contributed by atoms with Crippen LogP contribution in [-0.4, -0.2) is 53.9 Å². The van der Waals surface area contributed by atoms with Gasteiger partial charge in [0.25, 0.3) is 11.7 Å². The summed E-state index contributed by atoms with van der Waals surface area (Å²) in [5, 5.41) is 25.9. The van der Waals surface area contributed by atoms with Crippen LogP contribution in [0, 0.1) is 18.3 Å². The monoisotopic (exact) mass is 560 g/mol. The van der Waals surface area contributed by atoms with Crippen LogP contribution in [0.2, 0.25) is 5.02 Å². The van der Waals surface area contributed by atoms with Crippen molar-refractivity contribution in [1.82, 2.24) is 40.5 Å². The number of hydroxylamine groups is 1. The molecule has 0 spiro atoms. The van der Waals surface area contributed by atoms with Gasteiger partial charge in [-0.3, -0.25) is 4.79 Å². The van der Waals surface area contributed by atoms with Gasteiger partial charge in [0.1, 0.15) is 12.2 Å². The fourth-order valence-corrected chi connectivity index (χ4v) is 3.64. The molecule has 0 saturated carbocycles. The van der Waals surface area contributed by atoms with Crippen molar-refractivity contribution in [2.24, 2.45) is 0 Å². The summed E-state index contributed by atoms with van der Waals surface area (Å²) >= 11 is 6.26. The number of aromatic nitrogens is 7. The first-order valence-electron chi connectivity index (χ1n) is 10.8. The van der Waals surface area contributed by atoms with E-state index in [4.69, 9.17) is 16.4 Å². The van der Waals surface area contributed by atoms with E-state index in [9.17, 15) is 28.0 Å². The Bertz CT molecular complexity index is 1610. The van der Waals surface area contributed by atoms with Crippen LogP contribution < -0.4 is 10.8 Å². The summed E-state index contributed by atoms with van der Waals surface area (Å²) in [5.41, 5.74) is 2.63. The molecule has 0 unspecified atom stereocenters. The molecule has 0 radical (unpaired) electrons. The zero-order valence-electron chi connectivity index (χ0n) is 20.0. The summed E-state index contributed by atoms with van der Waals surface area (Å²) in [7, 11) is 1.36. The molecule has 4 aromatic rings. The largest absolute Gasteiger partial charge is 0.455 e. The number of amides is 1. The average molecular weight is 561 g/mol. The van der Waals surface area contributed by atoms with Gasteiger partial charge < -0.3 is 10.2 Å². The molecule has 1 aromatic carbocycles. The Morgan fingerprint density at radius 3 is 2.64 bits per heavy atom. The zero-order valence-corrected chi connectivity index (χ0v) is 20.7. The number of tetrazole rings is 1. The van der Waals surface area contributed by atoms with E-state index in [2.05, 4.69) is 36.3 Å². The first-order chi connectivity index (χ1) is 18.5. The number of pyridine rings is 1. The molecule has 3 heterocycles. The van der Waals surface area contributed by atoms with E-state index >= 15 is 0 Å². The van der Waals surface area contributed by atoms with Crippen molar-refractivity contribution in [2.45, 2.75) is 19.6 Å². The van der Waals surface area contributed by atoms with E-state index in [0.717, 1.165) is 4.68 Å². The standard InChI is InChI=1S/C22H16ClF3N10O3/c1-11-6-12(9-27)7-14(20(38)39-28-2)17(11)30-19(37)16-8-13(10-35-33-21(31-34-35)22(24,25)26)32-36(16)18-15(23)4-3-5-29-18/h3-8,28H,10H2,1-2H3,(H,30,37). The van der Waals surface area contributed by atoms with Crippen LogP contribution >= 0.6 is 11.6 Å². The third-order valence-corrected chi connectivity index (χ3v) is 5.35. The number of halogens is 4. The molecule has 2 N–H and O–H groups in total. The first-order valence-corrected chi connectivity index (χ1v) is 11.2. The van der Waals surface area contributed by atoms with Crippen molar-refractivity contribution >= 4 is 29.2 Å². The fourth-order valence-electron chi connectivity index (χ4n) is 3.44. The topological polar surface area (TPSA) is 166 Å². The molecule has 0 aliphatic heterocycles. The number of rotatable bonds is 7. The summed E-state index contributed by atoms with van der Waals surface area (Å²) < 4.78 is 39.7. The minimum Gasteiger partial charge on any atom is -0.367 e. The second-order valence-electron chi connectivity index (χ2n) is 7.76. The van der Waals surface area contributed by atoms with E-state index in [1.807, 2.05) is 6.07 Å². The Balaban J connectivity index is 1.76. The van der Waals surface area contributed by atoms with E-state index in [1.54, 1.807) is 13.0 Å². The molecular formula is C22H16ClF3N10O3. The third-order valence-electron chi connectivity index (χ3n) is 5.06. The van der Waals surface area contributed by atoms with Crippen molar-refractivity contribution in [3.05, 3.63) is 75.5 Å². The number of anilines is 1. The third kappa shape index (κ3) is 5.84. The fraction of sp³-hybridized carbons (Fsp3) is 0.182. The average Bonchev–Trinajstić information content (AvgIpc) is 3.53. The molecule has 13 nitrogen and oxygen atoms in total. The zero-order chi connectivity index (χ0) is 28.3. The molecule has 200 valence electrons. The summed E-state index contributed by atoms with van der Waals surface area (Å²) in [5.74, 6) is -3.05. The van der Waals surface area contributed by atoms with Crippen LogP contribution in [0.1, 0.15) is 43.5 Å². The number of carbonyl (C=O) groups excluding carboxylic acids is 2. The molecule has 0 bridgehead atoms. The Labute approximate surface area is 222 Å². The lowest BCUT2D eigenvalue weighted by molar-refractivity contribution is -0.145. The predicted molar refractivity (Wildman–Crippen MR) is 127 cm³/mol. The van der Waals surface area contributed by atoms with Crippen LogP contribution in [0.5, 0.6) is 0 Å². The summed E-state index contributed by atoms with van der Waals surface area (Å²) in [6, 6.07) is 8.94. The number of hydrogen-bond donors (Lipinski definition) is 2. The van der Waals surface area contributed by atoms with Crippen LogP contribution in [-0.2, 0) is 17.6 Å². The number of nitrogens with one attached hydrogen (secondary N) is 2. The van der Waals surface area contributed by atoms with Crippen LogP contribution in [0.4, 0.5) is 18.9 Å². The van der Waals surface area contributed by atoms with E-state index in [0.29, 0.717) is 10.4 Å². The second-order valence-corrected chi connectivity index (χ2v) is 8.17. The van der Waals surface area contributed by atoms with E-state index < -0.39 is 23.9 Å². The highest BCUT2D eigenvalue weighted by atomic mass is 35.5. The summed E-state index contributed by atoms with van der Waals surface area (Å²) in [6.45, 7) is 1.19. The van der Waals surface area contributed by atoms with E-state index in [1.165, 1.54) is 37.5 Å². The molecule has 0 saturated heterocycles. The Hall–Kier alpha value is -4.88. The molecule has 0 atom stereocenters. The maximum absolute atomic E-state index is 13.5. The van der Waals surface area contributed by atoms with Gasteiger partial charge in [-0.05, 0) is 48.0 Å².